The molecule has 1 aliphatic carbocycles. The molecule has 0 bridgehead atoms. The normalized spacial score (nSPS) is 25.8. The molecule has 0 amide bonds. The van der Waals surface area contributed by atoms with Gasteiger partial charge in [-0.2, -0.15) is 0 Å². The second-order valence-corrected chi connectivity index (χ2v) is 9.50. The Kier molecular flexibility index (Phi) is 6.91. The van der Waals surface area contributed by atoms with E-state index in [0.29, 0.717) is 6.10 Å². The summed E-state index contributed by atoms with van der Waals surface area (Å²) in [7, 11) is 0. The van der Waals surface area contributed by atoms with E-state index in [4.69, 9.17) is 4.74 Å². The standard InChI is InChI=1S/C26H36N4O2/c31-24-20-28(19-21-7-1-4-10-25(21)32-22-8-2-3-9-22)14-12-23(24)29-15-17-30(18-16-29)26-11-5-6-13-27-26/h1,4-7,10-11,13,22-24,31H,2-3,8-9,12,14-20H2/t23-,24-/m1/s1. The molecule has 1 aromatic carbocycles. The van der Waals surface area contributed by atoms with Gasteiger partial charge in [-0.15, -0.1) is 0 Å². The van der Waals surface area contributed by atoms with Crippen LogP contribution in [0.4, 0.5) is 5.82 Å². The first kappa shape index (κ1) is 21.7. The zero-order valence-corrected chi connectivity index (χ0v) is 19.0. The van der Waals surface area contributed by atoms with Crippen molar-refractivity contribution < 1.29 is 9.84 Å². The first-order valence-corrected chi connectivity index (χ1v) is 12.3. The summed E-state index contributed by atoms with van der Waals surface area (Å²) in [5.74, 6) is 2.09. The first-order chi connectivity index (χ1) is 15.8. The molecule has 1 aromatic heterocycles. The molecule has 0 spiro atoms. The summed E-state index contributed by atoms with van der Waals surface area (Å²) in [4.78, 5) is 11.7. The third-order valence-corrected chi connectivity index (χ3v) is 7.35. The molecule has 3 fully saturated rings. The van der Waals surface area contributed by atoms with Gasteiger partial charge in [0.25, 0.3) is 0 Å². The molecule has 2 atom stereocenters. The minimum Gasteiger partial charge on any atom is -0.490 e. The highest BCUT2D eigenvalue weighted by Gasteiger charge is 2.34. The van der Waals surface area contributed by atoms with Crippen molar-refractivity contribution in [3.05, 3.63) is 54.2 Å². The summed E-state index contributed by atoms with van der Waals surface area (Å²) in [6.45, 7) is 6.49. The summed E-state index contributed by atoms with van der Waals surface area (Å²) < 4.78 is 6.33. The van der Waals surface area contributed by atoms with E-state index < -0.39 is 0 Å². The van der Waals surface area contributed by atoms with Gasteiger partial charge in [-0.1, -0.05) is 24.3 Å². The van der Waals surface area contributed by atoms with Gasteiger partial charge in [0.15, 0.2) is 0 Å². The SMILES string of the molecule is O[C@@H]1CN(Cc2ccccc2OC2CCCC2)CC[C@H]1N1CCN(c2ccccn2)CC1. The molecular formula is C26H36N4O2. The van der Waals surface area contributed by atoms with Crippen molar-refractivity contribution in [2.45, 2.75) is 56.9 Å². The van der Waals surface area contributed by atoms with Crippen LogP contribution in [0.5, 0.6) is 5.75 Å². The van der Waals surface area contributed by atoms with Crippen LogP contribution in [-0.2, 0) is 6.54 Å². The Balaban J connectivity index is 1.14. The molecule has 5 rings (SSSR count). The van der Waals surface area contributed by atoms with Crippen LogP contribution in [0, 0.1) is 0 Å². The molecule has 6 nitrogen and oxygen atoms in total. The number of hydrogen-bond donors (Lipinski definition) is 1. The lowest BCUT2D eigenvalue weighted by molar-refractivity contribution is -0.0174. The van der Waals surface area contributed by atoms with Crippen LogP contribution in [0.25, 0.3) is 0 Å². The Labute approximate surface area is 191 Å². The van der Waals surface area contributed by atoms with Crippen LogP contribution >= 0.6 is 0 Å². The van der Waals surface area contributed by atoms with Gasteiger partial charge in [0.05, 0.1) is 12.2 Å². The van der Waals surface area contributed by atoms with Crippen LogP contribution in [-0.4, -0.2) is 77.4 Å². The number of rotatable bonds is 6. The van der Waals surface area contributed by atoms with E-state index >= 15 is 0 Å². The molecule has 2 saturated heterocycles. The quantitative estimate of drug-likeness (QED) is 0.751. The number of aliphatic hydroxyl groups is 1. The number of para-hydroxylation sites is 1. The fraction of sp³-hybridized carbons (Fsp3) is 0.577. The molecule has 0 radical (unpaired) electrons. The smallest absolute Gasteiger partial charge is 0.128 e. The number of ether oxygens (including phenoxy) is 1. The zero-order chi connectivity index (χ0) is 21.8. The second kappa shape index (κ2) is 10.2. The van der Waals surface area contributed by atoms with Crippen LogP contribution in [0.2, 0.25) is 0 Å². The fourth-order valence-corrected chi connectivity index (χ4v) is 5.55. The van der Waals surface area contributed by atoms with Gasteiger partial charge in [-0.25, -0.2) is 4.98 Å². The van der Waals surface area contributed by atoms with E-state index in [1.807, 2.05) is 18.3 Å². The molecule has 3 aliphatic rings. The summed E-state index contributed by atoms with van der Waals surface area (Å²) in [6, 6.07) is 14.8. The molecule has 6 heteroatoms. The summed E-state index contributed by atoms with van der Waals surface area (Å²) in [5, 5.41) is 11.0. The van der Waals surface area contributed by atoms with Crippen molar-refractivity contribution in [1.29, 1.82) is 0 Å². The summed E-state index contributed by atoms with van der Waals surface area (Å²) in [5.41, 5.74) is 1.24. The minimum absolute atomic E-state index is 0.252. The number of pyridine rings is 1. The predicted octanol–water partition coefficient (Wildman–Crippen LogP) is 3.16. The Bertz CT molecular complexity index is 850. The molecule has 32 heavy (non-hydrogen) atoms. The van der Waals surface area contributed by atoms with Crippen molar-refractivity contribution in [3.63, 3.8) is 0 Å². The lowest BCUT2D eigenvalue weighted by atomic mass is 9.98. The minimum atomic E-state index is -0.312. The number of aromatic nitrogens is 1. The van der Waals surface area contributed by atoms with Gasteiger partial charge in [0, 0.05) is 63.6 Å². The van der Waals surface area contributed by atoms with Crippen LogP contribution in [0.15, 0.2) is 48.7 Å². The molecule has 0 unspecified atom stereocenters. The van der Waals surface area contributed by atoms with Gasteiger partial charge in [-0.3, -0.25) is 9.80 Å². The number of likely N-dealkylation sites (tertiary alicyclic amines) is 1. The van der Waals surface area contributed by atoms with Crippen LogP contribution < -0.4 is 9.64 Å². The Morgan fingerprint density at radius 3 is 2.44 bits per heavy atom. The van der Waals surface area contributed by atoms with Crippen molar-refractivity contribution in [2.24, 2.45) is 0 Å². The first-order valence-electron chi connectivity index (χ1n) is 12.3. The van der Waals surface area contributed by atoms with Crippen molar-refractivity contribution in [1.82, 2.24) is 14.8 Å². The molecule has 3 heterocycles. The number of aliphatic hydroxyl groups excluding tert-OH is 1. The van der Waals surface area contributed by atoms with Gasteiger partial charge >= 0.3 is 0 Å². The Morgan fingerprint density at radius 2 is 1.69 bits per heavy atom. The maximum Gasteiger partial charge on any atom is 0.128 e. The average molecular weight is 437 g/mol. The van der Waals surface area contributed by atoms with Gasteiger partial charge < -0.3 is 14.7 Å². The molecule has 172 valence electrons. The number of benzene rings is 1. The van der Waals surface area contributed by atoms with E-state index in [9.17, 15) is 5.11 Å². The molecule has 1 N–H and O–H groups in total. The highest BCUT2D eigenvalue weighted by molar-refractivity contribution is 5.38. The Hall–Kier alpha value is -2.15. The van der Waals surface area contributed by atoms with Gasteiger partial charge in [0.2, 0.25) is 0 Å². The van der Waals surface area contributed by atoms with Crippen molar-refractivity contribution in [3.8, 4) is 5.75 Å². The number of hydrogen-bond acceptors (Lipinski definition) is 6. The lowest BCUT2D eigenvalue weighted by Crippen LogP contribution is -2.58. The molecule has 2 aromatic rings. The van der Waals surface area contributed by atoms with E-state index in [1.54, 1.807) is 0 Å². The number of anilines is 1. The van der Waals surface area contributed by atoms with Crippen molar-refractivity contribution in [2.75, 3.05) is 44.2 Å². The second-order valence-electron chi connectivity index (χ2n) is 9.50. The largest absolute Gasteiger partial charge is 0.490 e. The maximum absolute atomic E-state index is 11.0. The van der Waals surface area contributed by atoms with Gasteiger partial charge in [0.1, 0.15) is 11.6 Å². The summed E-state index contributed by atoms with van der Waals surface area (Å²) in [6.07, 6.45) is 7.84. The lowest BCUT2D eigenvalue weighted by Gasteiger charge is -2.45. The number of piperidine rings is 1. The molecule has 1 saturated carbocycles. The third-order valence-electron chi connectivity index (χ3n) is 7.35. The Morgan fingerprint density at radius 1 is 0.906 bits per heavy atom. The molecule has 2 aliphatic heterocycles. The average Bonchev–Trinajstić information content (AvgIpc) is 3.34. The number of β-amino-alcohol motifs (C(OH)–C–C–N with tert-alkyl or cyclic N) is 1. The number of piperazine rings is 1. The van der Waals surface area contributed by atoms with Crippen molar-refractivity contribution >= 4 is 5.82 Å². The van der Waals surface area contributed by atoms with Crippen LogP contribution in [0.3, 0.4) is 0 Å². The summed E-state index contributed by atoms with van der Waals surface area (Å²) >= 11 is 0. The zero-order valence-electron chi connectivity index (χ0n) is 19.0. The number of nitrogens with zero attached hydrogens (tertiary/aromatic N) is 4. The van der Waals surface area contributed by atoms with E-state index in [0.717, 1.165) is 63.8 Å². The van der Waals surface area contributed by atoms with E-state index in [-0.39, 0.29) is 12.1 Å². The highest BCUT2D eigenvalue weighted by atomic mass is 16.5. The van der Waals surface area contributed by atoms with Crippen LogP contribution in [0.1, 0.15) is 37.7 Å². The van der Waals surface area contributed by atoms with E-state index in [2.05, 4.69) is 50.0 Å². The predicted molar refractivity (Wildman–Crippen MR) is 127 cm³/mol. The monoisotopic (exact) mass is 436 g/mol. The topological polar surface area (TPSA) is 52.1 Å². The third kappa shape index (κ3) is 5.08. The molecular weight excluding hydrogens is 400 g/mol. The van der Waals surface area contributed by atoms with Gasteiger partial charge in [-0.05, 0) is 50.3 Å². The maximum atomic E-state index is 11.0. The highest BCUT2D eigenvalue weighted by Crippen LogP contribution is 2.29. The van der Waals surface area contributed by atoms with E-state index in [1.165, 1.54) is 31.2 Å². The fourth-order valence-electron chi connectivity index (χ4n) is 5.55.